The number of imidazole rings is 1. The molecule has 1 aliphatic rings. The van der Waals surface area contributed by atoms with Crippen LogP contribution in [0.15, 0.2) is 9.59 Å². The van der Waals surface area contributed by atoms with E-state index in [0.29, 0.717) is 32.1 Å². The lowest BCUT2D eigenvalue weighted by Crippen LogP contribution is -2.44. The van der Waals surface area contributed by atoms with Crippen LogP contribution in [0.25, 0.3) is 11.2 Å². The van der Waals surface area contributed by atoms with Crippen LogP contribution in [0, 0.1) is 11.8 Å². The fourth-order valence-electron chi connectivity index (χ4n) is 3.44. The van der Waals surface area contributed by atoms with Crippen molar-refractivity contribution in [1.29, 1.82) is 0 Å². The number of hydrogen-bond acceptors (Lipinski definition) is 8. The van der Waals surface area contributed by atoms with Gasteiger partial charge in [0.25, 0.3) is 5.56 Å². The number of aliphatic hydroxyl groups is 1. The molecule has 0 radical (unpaired) electrons. The molecular weight excluding hydrogens is 449 g/mol. The van der Waals surface area contributed by atoms with Crippen LogP contribution in [0.5, 0.6) is 0 Å². The number of esters is 1. The molecule has 1 atom stereocenters. The average Bonchev–Trinajstić information content (AvgIpc) is 3.16. The SMILES string of the molecule is CC#CCn1c(N2CCNCC2)nc2c1c(=O)n(C)c(=O)n2CC(O)COC(=O)C(F)(F)F. The number of fused-ring (bicyclic) bond motifs is 1. The van der Waals surface area contributed by atoms with Gasteiger partial charge >= 0.3 is 17.8 Å². The molecule has 0 spiro atoms. The average molecular weight is 472 g/mol. The van der Waals surface area contributed by atoms with Crippen LogP contribution in [0.3, 0.4) is 0 Å². The van der Waals surface area contributed by atoms with Crippen LogP contribution in [0.2, 0.25) is 0 Å². The molecule has 14 heteroatoms. The number of rotatable bonds is 6. The van der Waals surface area contributed by atoms with Crippen LogP contribution in [-0.2, 0) is 29.7 Å². The Morgan fingerprint density at radius 1 is 1.27 bits per heavy atom. The number of carbonyl (C=O) groups excluding carboxylic acids is 1. The van der Waals surface area contributed by atoms with Crippen molar-refractivity contribution in [3.63, 3.8) is 0 Å². The van der Waals surface area contributed by atoms with Crippen molar-refractivity contribution < 1.29 is 27.8 Å². The van der Waals surface area contributed by atoms with Crippen LogP contribution < -0.4 is 21.5 Å². The molecule has 2 aromatic heterocycles. The number of hydrogen-bond donors (Lipinski definition) is 2. The lowest BCUT2D eigenvalue weighted by molar-refractivity contribution is -0.202. The summed E-state index contributed by atoms with van der Waals surface area (Å²) in [5.74, 6) is 3.57. The number of aromatic nitrogens is 4. The highest BCUT2D eigenvalue weighted by Gasteiger charge is 2.41. The third-order valence-electron chi connectivity index (χ3n) is 5.06. The van der Waals surface area contributed by atoms with E-state index in [9.17, 15) is 32.7 Å². The fraction of sp³-hybridized carbons (Fsp3) is 0.579. The third kappa shape index (κ3) is 5.04. The number of anilines is 1. The predicted molar refractivity (Wildman–Crippen MR) is 111 cm³/mol. The van der Waals surface area contributed by atoms with E-state index in [1.54, 1.807) is 11.5 Å². The zero-order valence-electron chi connectivity index (χ0n) is 18.0. The first-order valence-electron chi connectivity index (χ1n) is 10.0. The highest BCUT2D eigenvalue weighted by Crippen LogP contribution is 2.21. The molecule has 0 bridgehead atoms. The predicted octanol–water partition coefficient (Wildman–Crippen LogP) is -1.20. The van der Waals surface area contributed by atoms with Crippen molar-refractivity contribution in [2.45, 2.75) is 32.3 Å². The second-order valence-corrected chi connectivity index (χ2v) is 7.34. The minimum absolute atomic E-state index is 0.0456. The van der Waals surface area contributed by atoms with Gasteiger partial charge in [0.05, 0.1) is 13.1 Å². The van der Waals surface area contributed by atoms with Crippen LogP contribution >= 0.6 is 0 Å². The summed E-state index contributed by atoms with van der Waals surface area (Å²) < 4.78 is 44.5. The Kier molecular flexibility index (Phi) is 7.13. The van der Waals surface area contributed by atoms with Crippen molar-refractivity contribution in [1.82, 2.24) is 24.0 Å². The number of halogens is 3. The Morgan fingerprint density at radius 2 is 1.94 bits per heavy atom. The summed E-state index contributed by atoms with van der Waals surface area (Å²) in [7, 11) is 1.24. The molecule has 0 aliphatic carbocycles. The topological polar surface area (TPSA) is 124 Å². The molecule has 11 nitrogen and oxygen atoms in total. The second-order valence-electron chi connectivity index (χ2n) is 7.34. The van der Waals surface area contributed by atoms with Gasteiger partial charge in [-0.2, -0.15) is 18.2 Å². The number of nitrogens with zero attached hydrogens (tertiary/aromatic N) is 5. The molecule has 0 saturated carbocycles. The van der Waals surface area contributed by atoms with Crippen LogP contribution in [0.1, 0.15) is 6.92 Å². The van der Waals surface area contributed by atoms with Gasteiger partial charge in [-0.1, -0.05) is 5.92 Å². The van der Waals surface area contributed by atoms with Crippen LogP contribution in [-0.4, -0.2) is 74.8 Å². The van der Waals surface area contributed by atoms with E-state index >= 15 is 0 Å². The molecule has 3 rings (SSSR count). The second kappa shape index (κ2) is 9.67. The number of carbonyl (C=O) groups is 1. The maximum absolute atomic E-state index is 12.9. The molecule has 33 heavy (non-hydrogen) atoms. The first-order chi connectivity index (χ1) is 15.6. The lowest BCUT2D eigenvalue weighted by atomic mass is 10.3. The highest BCUT2D eigenvalue weighted by molar-refractivity contribution is 5.76. The Bertz CT molecular complexity index is 1210. The fourth-order valence-corrected chi connectivity index (χ4v) is 3.44. The molecule has 2 N–H and O–H groups in total. The number of ether oxygens (including phenoxy) is 1. The molecular formula is C19H23F3N6O5. The van der Waals surface area contributed by atoms with Gasteiger partial charge in [0, 0.05) is 33.2 Å². The van der Waals surface area contributed by atoms with Gasteiger partial charge in [0.2, 0.25) is 5.95 Å². The standard InChI is InChI=1S/C19H23F3N6O5/c1-3-4-7-27-13-14(24-17(27)26-8-5-23-6-9-26)28(18(32)25(2)15(13)30)10-12(29)11-33-16(31)19(20,21)22/h12,23,29H,5-11H2,1-2H3. The molecule has 1 saturated heterocycles. The van der Waals surface area contributed by atoms with Gasteiger partial charge in [0.1, 0.15) is 12.7 Å². The Balaban J connectivity index is 2.06. The molecule has 180 valence electrons. The molecule has 3 heterocycles. The number of alkyl halides is 3. The van der Waals surface area contributed by atoms with E-state index < -0.39 is 42.7 Å². The van der Waals surface area contributed by atoms with Gasteiger partial charge < -0.3 is 20.1 Å². The molecule has 1 unspecified atom stereocenters. The molecule has 2 aromatic rings. The van der Waals surface area contributed by atoms with Crippen molar-refractivity contribution >= 4 is 23.1 Å². The number of piperazine rings is 1. The zero-order chi connectivity index (χ0) is 24.3. The maximum atomic E-state index is 12.9. The van der Waals surface area contributed by atoms with Gasteiger partial charge in [-0.05, 0) is 6.92 Å². The Labute approximate surface area is 185 Å². The molecule has 0 amide bonds. The quantitative estimate of drug-likeness (QED) is 0.397. The van der Waals surface area contributed by atoms with E-state index in [4.69, 9.17) is 0 Å². The summed E-state index contributed by atoms with van der Waals surface area (Å²) in [5.41, 5.74) is -1.44. The minimum atomic E-state index is -5.21. The van der Waals surface area contributed by atoms with Crippen molar-refractivity contribution in [3.05, 3.63) is 20.8 Å². The molecule has 1 aliphatic heterocycles. The maximum Gasteiger partial charge on any atom is 0.490 e. The van der Waals surface area contributed by atoms with Crippen molar-refractivity contribution in [3.8, 4) is 11.8 Å². The summed E-state index contributed by atoms with van der Waals surface area (Å²) in [6.07, 6.45) is -6.87. The summed E-state index contributed by atoms with van der Waals surface area (Å²) >= 11 is 0. The van der Waals surface area contributed by atoms with E-state index in [2.05, 4.69) is 26.9 Å². The van der Waals surface area contributed by atoms with Gasteiger partial charge in [-0.3, -0.25) is 18.5 Å². The van der Waals surface area contributed by atoms with E-state index in [-0.39, 0.29) is 17.7 Å². The highest BCUT2D eigenvalue weighted by atomic mass is 19.4. The lowest BCUT2D eigenvalue weighted by Gasteiger charge is -2.28. The van der Waals surface area contributed by atoms with E-state index in [1.807, 2.05) is 4.90 Å². The van der Waals surface area contributed by atoms with Crippen molar-refractivity contribution in [2.75, 3.05) is 37.7 Å². The first kappa shape index (κ1) is 24.3. The largest absolute Gasteiger partial charge is 0.490 e. The summed E-state index contributed by atoms with van der Waals surface area (Å²) in [5, 5.41) is 13.4. The monoisotopic (exact) mass is 472 g/mol. The first-order valence-corrected chi connectivity index (χ1v) is 10.0. The summed E-state index contributed by atoms with van der Waals surface area (Å²) in [4.78, 5) is 43.0. The number of nitrogens with one attached hydrogen (secondary N) is 1. The minimum Gasteiger partial charge on any atom is -0.456 e. The third-order valence-corrected chi connectivity index (χ3v) is 5.06. The van der Waals surface area contributed by atoms with Gasteiger partial charge in [-0.15, -0.1) is 5.92 Å². The van der Waals surface area contributed by atoms with Gasteiger partial charge in [0.15, 0.2) is 11.2 Å². The van der Waals surface area contributed by atoms with Gasteiger partial charge in [-0.25, -0.2) is 9.59 Å². The van der Waals surface area contributed by atoms with Crippen molar-refractivity contribution in [2.24, 2.45) is 7.05 Å². The number of aliphatic hydroxyl groups excluding tert-OH is 1. The Hall–Kier alpha value is -3.31. The Morgan fingerprint density at radius 3 is 2.55 bits per heavy atom. The summed E-state index contributed by atoms with van der Waals surface area (Å²) in [6.45, 7) is 2.73. The molecule has 0 aromatic carbocycles. The zero-order valence-corrected chi connectivity index (χ0v) is 18.0. The normalized spacial score (nSPS) is 15.3. The van der Waals surface area contributed by atoms with E-state index in [0.717, 1.165) is 9.13 Å². The van der Waals surface area contributed by atoms with Crippen LogP contribution in [0.4, 0.5) is 19.1 Å². The smallest absolute Gasteiger partial charge is 0.456 e. The molecule has 1 fully saturated rings. The van der Waals surface area contributed by atoms with E-state index in [1.165, 1.54) is 7.05 Å². The summed E-state index contributed by atoms with van der Waals surface area (Å²) in [6, 6.07) is 0.